The highest BCUT2D eigenvalue weighted by Crippen LogP contribution is 2.49. The lowest BCUT2D eigenvalue weighted by atomic mass is 9.88. The quantitative estimate of drug-likeness (QED) is 0.478. The van der Waals surface area contributed by atoms with Gasteiger partial charge in [-0.05, 0) is 82.5 Å². The van der Waals surface area contributed by atoms with Crippen molar-refractivity contribution in [3.05, 3.63) is 46.1 Å². The summed E-state index contributed by atoms with van der Waals surface area (Å²) in [6, 6.07) is 7.03. The van der Waals surface area contributed by atoms with Gasteiger partial charge < -0.3 is 14.4 Å². The second-order valence-electron chi connectivity index (χ2n) is 10.3. The Morgan fingerprint density at radius 2 is 1.89 bits per heavy atom. The van der Waals surface area contributed by atoms with E-state index >= 15 is 0 Å². The zero-order chi connectivity index (χ0) is 26.0. The molecule has 1 N–H and O–H groups in total. The molecule has 1 atom stereocenters. The normalized spacial score (nSPS) is 16.1. The molecule has 0 spiro atoms. The zero-order valence-corrected chi connectivity index (χ0v) is 22.6. The van der Waals surface area contributed by atoms with E-state index in [0.717, 1.165) is 27.7 Å². The van der Waals surface area contributed by atoms with Gasteiger partial charge in [0, 0.05) is 28.2 Å². The fourth-order valence-corrected chi connectivity index (χ4v) is 6.58. The number of anilines is 1. The number of carbonyl (C=O) groups is 1. The van der Waals surface area contributed by atoms with Crippen LogP contribution in [0.5, 0.6) is 5.75 Å². The van der Waals surface area contributed by atoms with Crippen molar-refractivity contribution in [3.8, 4) is 16.9 Å². The van der Waals surface area contributed by atoms with E-state index < -0.39 is 21.6 Å². The van der Waals surface area contributed by atoms with Gasteiger partial charge in [0.1, 0.15) is 11.4 Å². The first-order valence-corrected chi connectivity index (χ1v) is 13.7. The van der Waals surface area contributed by atoms with Crippen molar-refractivity contribution in [2.24, 2.45) is 0 Å². The maximum Gasteiger partial charge on any atom is 0.307 e. The van der Waals surface area contributed by atoms with Crippen LogP contribution in [0.4, 0.5) is 5.69 Å². The molecule has 2 heterocycles. The van der Waals surface area contributed by atoms with E-state index in [1.165, 1.54) is 10.6 Å². The summed E-state index contributed by atoms with van der Waals surface area (Å²) in [5, 5.41) is 11.2. The molecule has 1 aliphatic heterocycles. The fourth-order valence-electron chi connectivity index (χ4n) is 5.15. The number of aliphatic carboxylic acids is 1. The monoisotopic (exact) mass is 518 g/mol. The topological polar surface area (TPSA) is 88.8 Å². The number of sulfonamides is 1. The average molecular weight is 519 g/mol. The number of carboxylic acid groups (broad SMARTS) is 1. The molecule has 0 saturated heterocycles. The molecule has 0 fully saturated rings. The molecule has 0 saturated carbocycles. The van der Waals surface area contributed by atoms with Crippen LogP contribution >= 0.6 is 11.6 Å². The summed E-state index contributed by atoms with van der Waals surface area (Å²) < 4.78 is 35.6. The first-order chi connectivity index (χ1) is 16.1. The van der Waals surface area contributed by atoms with Crippen molar-refractivity contribution in [2.45, 2.75) is 66.2 Å². The first-order valence-electron chi connectivity index (χ1n) is 11.5. The van der Waals surface area contributed by atoms with E-state index in [9.17, 15) is 18.3 Å². The summed E-state index contributed by atoms with van der Waals surface area (Å²) in [4.78, 5) is 12.0. The summed E-state index contributed by atoms with van der Waals surface area (Å²) in [6.45, 7) is 12.0. The highest BCUT2D eigenvalue weighted by Gasteiger charge is 2.36. The predicted octanol–water partition coefficient (Wildman–Crippen LogP) is 5.55. The van der Waals surface area contributed by atoms with Crippen molar-refractivity contribution in [1.29, 1.82) is 0 Å². The fraction of sp³-hybridized carbons (Fsp3) is 0.423. The number of carboxylic acids is 1. The molecular formula is C26H31ClN2O5S. The molecule has 1 aliphatic rings. The molecule has 0 amide bonds. The van der Waals surface area contributed by atoms with Crippen LogP contribution in [0, 0.1) is 13.8 Å². The molecule has 0 aliphatic carbocycles. The highest BCUT2D eigenvalue weighted by molar-refractivity contribution is 7.92. The summed E-state index contributed by atoms with van der Waals surface area (Å²) >= 11 is 6.33. The van der Waals surface area contributed by atoms with Crippen molar-refractivity contribution >= 4 is 44.2 Å². The van der Waals surface area contributed by atoms with Gasteiger partial charge in [0.15, 0.2) is 0 Å². The number of rotatable bonds is 5. The van der Waals surface area contributed by atoms with Crippen LogP contribution in [-0.4, -0.2) is 42.0 Å². The Morgan fingerprint density at radius 3 is 2.46 bits per heavy atom. The van der Waals surface area contributed by atoms with Gasteiger partial charge in [-0.15, -0.1) is 0 Å². The van der Waals surface area contributed by atoms with E-state index in [2.05, 4.69) is 4.57 Å². The molecule has 0 bridgehead atoms. The van der Waals surface area contributed by atoms with Crippen LogP contribution < -0.4 is 9.04 Å². The lowest BCUT2D eigenvalue weighted by Crippen LogP contribution is -2.44. The number of halogens is 1. The summed E-state index contributed by atoms with van der Waals surface area (Å²) in [5.74, 6) is -0.458. The number of hydrogen-bond acceptors (Lipinski definition) is 4. The zero-order valence-electron chi connectivity index (χ0n) is 21.1. The third-order valence-corrected chi connectivity index (χ3v) is 7.78. The van der Waals surface area contributed by atoms with Crippen LogP contribution in [0.1, 0.15) is 44.5 Å². The van der Waals surface area contributed by atoms with E-state index in [-0.39, 0.29) is 12.5 Å². The van der Waals surface area contributed by atoms with Gasteiger partial charge in [-0.25, -0.2) is 8.42 Å². The van der Waals surface area contributed by atoms with Gasteiger partial charge >= 0.3 is 5.97 Å². The van der Waals surface area contributed by atoms with Gasteiger partial charge in [0.05, 0.1) is 29.9 Å². The summed E-state index contributed by atoms with van der Waals surface area (Å²) in [7, 11) is -3.61. The standard InChI is InChI=1S/C26H31ClN2O5S/c1-14-10-20-23(18-9-8-17(27)11-21(18)34-26(4,5)6)19(12-22(30)31)16(3)24-25(20)28(14)13-15(2)29(24)35(7,32)33/h8-11,15H,12-13H2,1-7H3,(H,30,31)/t15-/m1/s1. The number of hydrogen-bond donors (Lipinski definition) is 1. The number of benzene rings is 2. The Morgan fingerprint density at radius 1 is 1.23 bits per heavy atom. The number of aryl methyl sites for hydroxylation is 1. The molecular weight excluding hydrogens is 488 g/mol. The molecule has 35 heavy (non-hydrogen) atoms. The molecule has 9 heteroatoms. The van der Waals surface area contributed by atoms with Crippen molar-refractivity contribution in [1.82, 2.24) is 4.57 Å². The van der Waals surface area contributed by atoms with Gasteiger partial charge in [0.2, 0.25) is 10.0 Å². The minimum Gasteiger partial charge on any atom is -0.487 e. The minimum atomic E-state index is -3.61. The molecule has 188 valence electrons. The van der Waals surface area contributed by atoms with Gasteiger partial charge in [-0.2, -0.15) is 0 Å². The summed E-state index contributed by atoms with van der Waals surface area (Å²) in [6.07, 6.45) is 0.928. The molecule has 0 radical (unpaired) electrons. The van der Waals surface area contributed by atoms with Crippen LogP contribution in [0.15, 0.2) is 24.3 Å². The maximum absolute atomic E-state index is 12.9. The van der Waals surface area contributed by atoms with E-state index in [1.807, 2.05) is 46.8 Å². The third kappa shape index (κ3) is 4.49. The lowest BCUT2D eigenvalue weighted by molar-refractivity contribution is -0.136. The van der Waals surface area contributed by atoms with E-state index in [4.69, 9.17) is 16.3 Å². The molecule has 1 aromatic heterocycles. The Kier molecular flexibility index (Phi) is 6.13. The van der Waals surface area contributed by atoms with Crippen LogP contribution in [0.3, 0.4) is 0 Å². The molecule has 0 unspecified atom stereocenters. The number of aromatic nitrogens is 1. The van der Waals surface area contributed by atoms with Crippen molar-refractivity contribution < 1.29 is 23.1 Å². The number of ether oxygens (including phenoxy) is 1. The van der Waals surface area contributed by atoms with Crippen LogP contribution in [0.25, 0.3) is 22.0 Å². The van der Waals surface area contributed by atoms with Crippen LogP contribution in [-0.2, 0) is 27.8 Å². The smallest absolute Gasteiger partial charge is 0.307 e. The van der Waals surface area contributed by atoms with Gasteiger partial charge in [0.25, 0.3) is 0 Å². The molecule has 7 nitrogen and oxygen atoms in total. The van der Waals surface area contributed by atoms with E-state index in [0.29, 0.717) is 34.1 Å². The third-order valence-electron chi connectivity index (χ3n) is 6.29. The highest BCUT2D eigenvalue weighted by atomic mass is 35.5. The Bertz CT molecular complexity index is 1470. The first kappa shape index (κ1) is 25.4. The molecule has 3 aromatic rings. The summed E-state index contributed by atoms with van der Waals surface area (Å²) in [5.41, 5.74) is 4.41. The molecule has 4 rings (SSSR count). The van der Waals surface area contributed by atoms with E-state index in [1.54, 1.807) is 19.1 Å². The maximum atomic E-state index is 12.9. The Balaban J connectivity index is 2.20. The van der Waals surface area contributed by atoms with Crippen molar-refractivity contribution in [3.63, 3.8) is 0 Å². The minimum absolute atomic E-state index is 0.266. The second-order valence-corrected chi connectivity index (χ2v) is 12.6. The van der Waals surface area contributed by atoms with Gasteiger partial charge in [-0.1, -0.05) is 11.6 Å². The van der Waals surface area contributed by atoms with Crippen molar-refractivity contribution in [2.75, 3.05) is 10.6 Å². The second kappa shape index (κ2) is 8.45. The lowest BCUT2D eigenvalue weighted by Gasteiger charge is -2.37. The average Bonchev–Trinajstić information content (AvgIpc) is 3.00. The van der Waals surface area contributed by atoms with Crippen LogP contribution in [0.2, 0.25) is 5.02 Å². The van der Waals surface area contributed by atoms with Gasteiger partial charge in [-0.3, -0.25) is 9.10 Å². The number of nitrogens with zero attached hydrogens (tertiary/aromatic N) is 2. The molecule has 2 aromatic carbocycles. The Hall–Kier alpha value is -2.71. The predicted molar refractivity (Wildman–Crippen MR) is 140 cm³/mol. The SMILES string of the molecule is Cc1c(CC(=O)O)c(-c2ccc(Cl)cc2OC(C)(C)C)c2cc(C)n3c2c1N(S(C)(=O)=O)[C@H](C)C3. The largest absolute Gasteiger partial charge is 0.487 e. The Labute approximate surface area is 211 Å².